The zero-order valence-electron chi connectivity index (χ0n) is 18.6. The molecule has 0 atom stereocenters. The molecular formula is C29H20N3O3. The standard InChI is InChI=1S/C29H20N3O3/c33-20-31(25-13-2-1-3-14-25)29(35)32(27-16-8-12-22-10-6-7-15-26(22)27)28(34)30-24-18-17-21-9-4-5-11-23(21)19-24/h1-19H,(H,30,34). The van der Waals surface area contributed by atoms with Crippen LogP contribution in [0.3, 0.4) is 0 Å². The summed E-state index contributed by atoms with van der Waals surface area (Å²) in [5, 5.41) is 6.33. The van der Waals surface area contributed by atoms with Crippen LogP contribution in [0.15, 0.2) is 115 Å². The minimum absolute atomic E-state index is 0.302. The number of imide groups is 2. The van der Waals surface area contributed by atoms with Gasteiger partial charge in [-0.15, -0.1) is 0 Å². The summed E-state index contributed by atoms with van der Waals surface area (Å²) < 4.78 is 0. The van der Waals surface area contributed by atoms with Gasteiger partial charge in [-0.25, -0.2) is 19.4 Å². The average Bonchev–Trinajstić information content (AvgIpc) is 2.90. The summed E-state index contributed by atoms with van der Waals surface area (Å²) in [6.45, 7) is 0. The van der Waals surface area contributed by atoms with Gasteiger partial charge in [0.2, 0.25) is 0 Å². The zero-order chi connectivity index (χ0) is 24.2. The molecule has 0 aromatic heterocycles. The van der Waals surface area contributed by atoms with Crippen LogP contribution in [0, 0.1) is 0 Å². The van der Waals surface area contributed by atoms with Crippen molar-refractivity contribution in [1.82, 2.24) is 0 Å². The SMILES string of the molecule is O=[C]N(C(=O)N(C(=O)Nc1ccc2ccccc2c1)c1cccc2ccccc12)c1ccccc1. The fraction of sp³-hybridized carbons (Fsp3) is 0. The van der Waals surface area contributed by atoms with Gasteiger partial charge in [-0.3, -0.25) is 4.79 Å². The molecule has 1 N–H and O–H groups in total. The Morgan fingerprint density at radius 3 is 2.09 bits per heavy atom. The van der Waals surface area contributed by atoms with Crippen molar-refractivity contribution in [2.24, 2.45) is 0 Å². The quantitative estimate of drug-likeness (QED) is 0.304. The molecule has 0 fully saturated rings. The number of hydrogen-bond donors (Lipinski definition) is 1. The number of nitrogens with zero attached hydrogens (tertiary/aromatic N) is 2. The monoisotopic (exact) mass is 458 g/mol. The normalized spacial score (nSPS) is 10.6. The third kappa shape index (κ3) is 4.32. The number of amides is 5. The fourth-order valence-electron chi connectivity index (χ4n) is 4.03. The van der Waals surface area contributed by atoms with E-state index in [2.05, 4.69) is 5.32 Å². The van der Waals surface area contributed by atoms with Crippen LogP contribution in [-0.4, -0.2) is 18.5 Å². The van der Waals surface area contributed by atoms with E-state index in [9.17, 15) is 14.4 Å². The molecule has 5 aromatic rings. The molecule has 0 saturated heterocycles. The van der Waals surface area contributed by atoms with E-state index >= 15 is 0 Å². The molecule has 0 bridgehead atoms. The molecular weight excluding hydrogens is 438 g/mol. The van der Waals surface area contributed by atoms with Gasteiger partial charge in [0.1, 0.15) is 0 Å². The lowest BCUT2D eigenvalue weighted by atomic mass is 10.1. The molecule has 6 nitrogen and oxygen atoms in total. The smallest absolute Gasteiger partial charge is 0.307 e. The first-order valence-electron chi connectivity index (χ1n) is 11.0. The zero-order valence-corrected chi connectivity index (χ0v) is 18.6. The molecule has 0 spiro atoms. The van der Waals surface area contributed by atoms with Crippen molar-refractivity contribution in [2.45, 2.75) is 0 Å². The number of para-hydroxylation sites is 1. The Bertz CT molecular complexity index is 1540. The van der Waals surface area contributed by atoms with E-state index < -0.39 is 12.1 Å². The molecule has 6 heteroatoms. The van der Waals surface area contributed by atoms with Crippen LogP contribution in [0.5, 0.6) is 0 Å². The maximum atomic E-state index is 13.7. The van der Waals surface area contributed by atoms with E-state index in [0.29, 0.717) is 22.4 Å². The van der Waals surface area contributed by atoms with E-state index in [-0.39, 0.29) is 0 Å². The summed E-state index contributed by atoms with van der Waals surface area (Å²) >= 11 is 0. The van der Waals surface area contributed by atoms with Gasteiger partial charge in [0.05, 0.1) is 11.4 Å². The number of nitrogens with one attached hydrogen (secondary N) is 1. The van der Waals surface area contributed by atoms with Crippen LogP contribution in [0.4, 0.5) is 26.7 Å². The molecule has 0 saturated carbocycles. The Kier molecular flexibility index (Phi) is 5.92. The van der Waals surface area contributed by atoms with Crippen molar-refractivity contribution < 1.29 is 14.4 Å². The highest BCUT2D eigenvalue weighted by Gasteiger charge is 2.31. The highest BCUT2D eigenvalue weighted by atomic mass is 16.2. The third-order valence-corrected chi connectivity index (χ3v) is 5.70. The van der Waals surface area contributed by atoms with Gasteiger partial charge in [-0.2, -0.15) is 0 Å². The van der Waals surface area contributed by atoms with Crippen molar-refractivity contribution >= 4 is 57.1 Å². The van der Waals surface area contributed by atoms with Crippen molar-refractivity contribution in [3.05, 3.63) is 115 Å². The molecule has 5 rings (SSSR count). The maximum absolute atomic E-state index is 13.7. The maximum Gasteiger partial charge on any atom is 0.344 e. The first-order chi connectivity index (χ1) is 17.2. The van der Waals surface area contributed by atoms with Crippen molar-refractivity contribution in [1.29, 1.82) is 0 Å². The summed E-state index contributed by atoms with van der Waals surface area (Å²) in [5.74, 6) is 0. The molecule has 5 aromatic carbocycles. The summed E-state index contributed by atoms with van der Waals surface area (Å²) in [6.07, 6.45) is 1.67. The lowest BCUT2D eigenvalue weighted by Gasteiger charge is -2.26. The molecule has 0 aliphatic rings. The van der Waals surface area contributed by atoms with Crippen LogP contribution < -0.4 is 15.1 Å². The Morgan fingerprint density at radius 1 is 0.657 bits per heavy atom. The summed E-state index contributed by atoms with van der Waals surface area (Å²) in [4.78, 5) is 41.0. The van der Waals surface area contributed by atoms with Crippen LogP contribution in [0.2, 0.25) is 0 Å². The minimum atomic E-state index is -0.846. The van der Waals surface area contributed by atoms with E-state index in [4.69, 9.17) is 0 Å². The van der Waals surface area contributed by atoms with E-state index in [1.165, 1.54) is 0 Å². The Morgan fingerprint density at radius 2 is 1.31 bits per heavy atom. The lowest BCUT2D eigenvalue weighted by molar-refractivity contribution is 0.245. The second-order valence-corrected chi connectivity index (χ2v) is 7.87. The molecule has 0 heterocycles. The predicted octanol–water partition coefficient (Wildman–Crippen LogP) is 6.73. The topological polar surface area (TPSA) is 69.7 Å². The number of anilines is 3. The van der Waals surface area contributed by atoms with E-state index in [1.807, 2.05) is 66.7 Å². The Labute approximate surface area is 202 Å². The number of fused-ring (bicyclic) bond motifs is 2. The van der Waals surface area contributed by atoms with Crippen LogP contribution in [-0.2, 0) is 4.79 Å². The van der Waals surface area contributed by atoms with Crippen molar-refractivity contribution in [3.8, 4) is 0 Å². The number of hydrogen-bond acceptors (Lipinski definition) is 3. The number of benzene rings is 5. The molecule has 1 radical (unpaired) electrons. The number of rotatable bonds is 4. The summed E-state index contributed by atoms with van der Waals surface area (Å²) in [5.41, 5.74) is 1.17. The van der Waals surface area contributed by atoms with Gasteiger partial charge < -0.3 is 5.32 Å². The van der Waals surface area contributed by atoms with Crippen molar-refractivity contribution in [2.75, 3.05) is 15.1 Å². The summed E-state index contributed by atoms with van der Waals surface area (Å²) in [6, 6.07) is 32.9. The van der Waals surface area contributed by atoms with Gasteiger partial charge in [-0.1, -0.05) is 84.9 Å². The minimum Gasteiger partial charge on any atom is -0.307 e. The predicted molar refractivity (Wildman–Crippen MR) is 139 cm³/mol. The number of carbonyl (C=O) groups excluding carboxylic acids is 3. The largest absolute Gasteiger partial charge is 0.344 e. The molecule has 5 amide bonds. The van der Waals surface area contributed by atoms with Crippen LogP contribution >= 0.6 is 0 Å². The number of urea groups is 2. The van der Waals surface area contributed by atoms with E-state index in [0.717, 1.165) is 26.0 Å². The van der Waals surface area contributed by atoms with Crippen molar-refractivity contribution in [3.63, 3.8) is 0 Å². The van der Waals surface area contributed by atoms with Gasteiger partial charge in [0.15, 0.2) is 0 Å². The lowest BCUT2D eigenvalue weighted by Crippen LogP contribution is -2.48. The first-order valence-corrected chi connectivity index (χ1v) is 11.0. The first kappa shape index (κ1) is 21.9. The Balaban J connectivity index is 1.59. The molecule has 35 heavy (non-hydrogen) atoms. The fourth-order valence-corrected chi connectivity index (χ4v) is 4.03. The average molecular weight is 458 g/mol. The van der Waals surface area contributed by atoms with Crippen LogP contribution in [0.25, 0.3) is 21.5 Å². The van der Waals surface area contributed by atoms with Gasteiger partial charge >= 0.3 is 18.5 Å². The number of carbonyl (C=O) groups is 2. The second kappa shape index (κ2) is 9.49. The Hall–Kier alpha value is -4.97. The third-order valence-electron chi connectivity index (χ3n) is 5.70. The van der Waals surface area contributed by atoms with Gasteiger partial charge in [0.25, 0.3) is 0 Å². The highest BCUT2D eigenvalue weighted by molar-refractivity contribution is 6.28. The molecule has 0 aliphatic heterocycles. The highest BCUT2D eigenvalue weighted by Crippen LogP contribution is 2.29. The molecule has 169 valence electrons. The second-order valence-electron chi connectivity index (χ2n) is 7.87. The molecule has 0 unspecified atom stereocenters. The summed E-state index contributed by atoms with van der Waals surface area (Å²) in [7, 11) is 0. The molecule has 0 aliphatic carbocycles. The van der Waals surface area contributed by atoms with Gasteiger partial charge in [-0.05, 0) is 46.5 Å². The van der Waals surface area contributed by atoms with Crippen LogP contribution in [0.1, 0.15) is 0 Å². The van der Waals surface area contributed by atoms with E-state index in [1.54, 1.807) is 54.9 Å². The van der Waals surface area contributed by atoms with Gasteiger partial charge in [0, 0.05) is 11.1 Å².